The zero-order valence-electron chi connectivity index (χ0n) is 20.8. The van der Waals surface area contributed by atoms with Crippen LogP contribution in [-0.4, -0.2) is 12.6 Å². The maximum atomic E-state index is 11.7. The van der Waals surface area contributed by atoms with Gasteiger partial charge in [-0.05, 0) is 89.2 Å². The van der Waals surface area contributed by atoms with Gasteiger partial charge in [0, 0.05) is 6.08 Å². The molecule has 1 aromatic carbocycles. The van der Waals surface area contributed by atoms with Gasteiger partial charge in [-0.3, -0.25) is 0 Å². The van der Waals surface area contributed by atoms with Crippen molar-refractivity contribution in [2.45, 2.75) is 97.3 Å². The van der Waals surface area contributed by atoms with Crippen molar-refractivity contribution in [3.63, 3.8) is 0 Å². The molecule has 0 radical (unpaired) electrons. The summed E-state index contributed by atoms with van der Waals surface area (Å²) in [6.45, 7) is 18.5. The molecule has 0 amide bonds. The van der Waals surface area contributed by atoms with E-state index < -0.39 is 0 Å². The third kappa shape index (κ3) is 4.89. The standard InChI is InChI=1S/C29H40O2/c1-9-31-26(30)17-20(2)11-10-12-21-13-14-27(3,4)23-19-25-24(18-22(21)23)28(5,6)15-16-29(25,7)8/h10-12,17-19H,9,13-16H2,1-8H3. The molecule has 0 heterocycles. The molecule has 31 heavy (non-hydrogen) atoms. The third-order valence-electron chi connectivity index (χ3n) is 7.37. The lowest BCUT2D eigenvalue weighted by Gasteiger charge is -2.44. The molecule has 0 N–H and O–H groups in total. The Morgan fingerprint density at radius 1 is 0.935 bits per heavy atom. The minimum Gasteiger partial charge on any atom is -0.463 e. The maximum absolute atomic E-state index is 11.7. The second kappa shape index (κ2) is 8.45. The fourth-order valence-electron chi connectivity index (χ4n) is 5.06. The van der Waals surface area contributed by atoms with E-state index in [0.29, 0.717) is 6.61 Å². The number of allylic oxidation sites excluding steroid dienone is 5. The van der Waals surface area contributed by atoms with Crippen LogP contribution in [0.1, 0.15) is 103 Å². The molecular weight excluding hydrogens is 380 g/mol. The average Bonchev–Trinajstić information content (AvgIpc) is 2.67. The topological polar surface area (TPSA) is 26.3 Å². The van der Waals surface area contributed by atoms with Crippen molar-refractivity contribution in [1.29, 1.82) is 0 Å². The molecule has 0 atom stereocenters. The highest BCUT2D eigenvalue weighted by molar-refractivity contribution is 5.83. The Bertz CT molecular complexity index is 951. The fourth-order valence-corrected chi connectivity index (χ4v) is 5.06. The Kier molecular flexibility index (Phi) is 6.42. The molecule has 2 nitrogen and oxygen atoms in total. The number of ether oxygens (including phenoxy) is 1. The number of rotatable bonds is 4. The van der Waals surface area contributed by atoms with Gasteiger partial charge in [0.15, 0.2) is 0 Å². The van der Waals surface area contributed by atoms with E-state index in [1.54, 1.807) is 11.6 Å². The van der Waals surface area contributed by atoms with Gasteiger partial charge in [-0.15, -0.1) is 0 Å². The third-order valence-corrected chi connectivity index (χ3v) is 7.37. The fraction of sp³-hybridized carbons (Fsp3) is 0.552. The lowest BCUT2D eigenvalue weighted by molar-refractivity contribution is -0.137. The summed E-state index contributed by atoms with van der Waals surface area (Å²) in [5.41, 5.74) is 8.89. The summed E-state index contributed by atoms with van der Waals surface area (Å²) in [5, 5.41) is 0. The highest BCUT2D eigenvalue weighted by Crippen LogP contribution is 2.51. The summed E-state index contributed by atoms with van der Waals surface area (Å²) in [6, 6.07) is 5.04. The predicted molar refractivity (Wildman–Crippen MR) is 131 cm³/mol. The molecule has 2 aliphatic carbocycles. The van der Waals surface area contributed by atoms with Gasteiger partial charge in [-0.1, -0.05) is 71.9 Å². The largest absolute Gasteiger partial charge is 0.463 e. The molecule has 2 heteroatoms. The van der Waals surface area contributed by atoms with Gasteiger partial charge in [-0.25, -0.2) is 4.79 Å². The van der Waals surface area contributed by atoms with Crippen molar-refractivity contribution < 1.29 is 9.53 Å². The van der Waals surface area contributed by atoms with Gasteiger partial charge >= 0.3 is 5.97 Å². The molecule has 0 unspecified atom stereocenters. The Balaban J connectivity index is 2.04. The molecule has 1 aromatic rings. The lowest BCUT2D eigenvalue weighted by atomic mass is 9.60. The van der Waals surface area contributed by atoms with E-state index in [1.807, 2.05) is 19.9 Å². The van der Waals surface area contributed by atoms with Gasteiger partial charge in [-0.2, -0.15) is 0 Å². The van der Waals surface area contributed by atoms with Crippen molar-refractivity contribution in [3.05, 3.63) is 64.3 Å². The van der Waals surface area contributed by atoms with Gasteiger partial charge in [0.1, 0.15) is 0 Å². The molecule has 2 aliphatic rings. The van der Waals surface area contributed by atoms with Crippen LogP contribution in [-0.2, 0) is 25.8 Å². The summed E-state index contributed by atoms with van der Waals surface area (Å²) in [4.78, 5) is 11.7. The van der Waals surface area contributed by atoms with Crippen molar-refractivity contribution in [2.75, 3.05) is 6.61 Å². The van der Waals surface area contributed by atoms with Gasteiger partial charge in [0.05, 0.1) is 6.61 Å². The first-order valence-corrected chi connectivity index (χ1v) is 11.8. The first-order chi connectivity index (χ1) is 14.4. The minimum atomic E-state index is -0.279. The highest BCUT2D eigenvalue weighted by atomic mass is 16.5. The van der Waals surface area contributed by atoms with E-state index in [0.717, 1.165) is 18.4 Å². The zero-order chi connectivity index (χ0) is 23.0. The van der Waals surface area contributed by atoms with E-state index in [1.165, 1.54) is 35.1 Å². The molecule has 0 aliphatic heterocycles. The number of carbonyl (C=O) groups excluding carboxylic acids is 1. The molecule has 0 saturated heterocycles. The van der Waals surface area contributed by atoms with Crippen LogP contribution in [0, 0.1) is 0 Å². The number of hydrogen-bond acceptors (Lipinski definition) is 2. The van der Waals surface area contributed by atoms with Crippen LogP contribution in [0.4, 0.5) is 0 Å². The van der Waals surface area contributed by atoms with Crippen LogP contribution in [0.15, 0.2) is 42.0 Å². The zero-order valence-corrected chi connectivity index (χ0v) is 20.8. The molecule has 0 spiro atoms. The molecule has 168 valence electrons. The van der Waals surface area contributed by atoms with Crippen molar-refractivity contribution in [3.8, 4) is 0 Å². The number of fused-ring (bicyclic) bond motifs is 2. The van der Waals surface area contributed by atoms with Crippen LogP contribution in [0.25, 0.3) is 5.57 Å². The van der Waals surface area contributed by atoms with E-state index in [9.17, 15) is 4.79 Å². The number of carbonyl (C=O) groups is 1. The Hall–Kier alpha value is -2.09. The van der Waals surface area contributed by atoms with Crippen molar-refractivity contribution in [1.82, 2.24) is 0 Å². The SMILES string of the molecule is CCOC(=O)C=C(C)C=CC=C1CCC(C)(C)c2cc3c(cc21)C(C)(C)CCC3(C)C. The predicted octanol–water partition coefficient (Wildman–Crippen LogP) is 7.56. The summed E-state index contributed by atoms with van der Waals surface area (Å²) >= 11 is 0. The summed E-state index contributed by atoms with van der Waals surface area (Å²) in [5.74, 6) is -0.279. The molecule has 3 rings (SSSR count). The smallest absolute Gasteiger partial charge is 0.330 e. The monoisotopic (exact) mass is 420 g/mol. The summed E-state index contributed by atoms with van der Waals surface area (Å²) in [6.07, 6.45) is 12.6. The van der Waals surface area contributed by atoms with Crippen LogP contribution >= 0.6 is 0 Å². The second-order valence-electron chi connectivity index (χ2n) is 11.3. The number of esters is 1. The minimum absolute atomic E-state index is 0.183. The van der Waals surface area contributed by atoms with Crippen LogP contribution < -0.4 is 0 Å². The van der Waals surface area contributed by atoms with Crippen molar-refractivity contribution in [2.24, 2.45) is 0 Å². The van der Waals surface area contributed by atoms with E-state index >= 15 is 0 Å². The van der Waals surface area contributed by atoms with Gasteiger partial charge in [0.25, 0.3) is 0 Å². The normalized spacial score (nSPS) is 22.8. The Labute approximate surface area is 189 Å². The van der Waals surface area contributed by atoms with Gasteiger partial charge in [0.2, 0.25) is 0 Å². The lowest BCUT2D eigenvalue weighted by Crippen LogP contribution is -2.35. The molecular formula is C29H40O2. The molecule has 0 aromatic heterocycles. The highest BCUT2D eigenvalue weighted by Gasteiger charge is 2.40. The van der Waals surface area contributed by atoms with Crippen LogP contribution in [0.2, 0.25) is 0 Å². The second-order valence-corrected chi connectivity index (χ2v) is 11.3. The van der Waals surface area contributed by atoms with E-state index in [4.69, 9.17) is 4.74 Å². The molecule has 0 fully saturated rings. The van der Waals surface area contributed by atoms with Crippen LogP contribution in [0.3, 0.4) is 0 Å². The molecule has 0 bridgehead atoms. The summed E-state index contributed by atoms with van der Waals surface area (Å²) < 4.78 is 5.00. The first kappa shape index (κ1) is 23.6. The van der Waals surface area contributed by atoms with Crippen molar-refractivity contribution >= 4 is 11.5 Å². The number of benzene rings is 1. The van der Waals surface area contributed by atoms with E-state index in [2.05, 4.69) is 65.8 Å². The Morgan fingerprint density at radius 3 is 2.13 bits per heavy atom. The summed E-state index contributed by atoms with van der Waals surface area (Å²) in [7, 11) is 0. The first-order valence-electron chi connectivity index (χ1n) is 11.8. The maximum Gasteiger partial charge on any atom is 0.330 e. The van der Waals surface area contributed by atoms with E-state index in [-0.39, 0.29) is 22.2 Å². The van der Waals surface area contributed by atoms with Crippen LogP contribution in [0.5, 0.6) is 0 Å². The quantitative estimate of drug-likeness (QED) is 0.285. The van der Waals surface area contributed by atoms with Gasteiger partial charge < -0.3 is 4.74 Å². The molecule has 0 saturated carbocycles. The number of hydrogen-bond donors (Lipinski definition) is 0. The average molecular weight is 421 g/mol. The Morgan fingerprint density at radius 2 is 1.52 bits per heavy atom.